The lowest BCUT2D eigenvalue weighted by molar-refractivity contribution is 0.0706. The minimum Gasteiger partial charge on any atom is -0.306 e. The van der Waals surface area contributed by atoms with Gasteiger partial charge < -0.3 is 4.90 Å². The number of nitrogens with zero attached hydrogens (tertiary/aromatic N) is 2. The number of carbonyl (C=O) groups excluding carboxylic acids is 1. The normalized spacial score (nSPS) is 15.5. The Balaban J connectivity index is 1.44. The third-order valence-electron chi connectivity index (χ3n) is 5.96. The number of aromatic nitrogens is 1. The van der Waals surface area contributed by atoms with Gasteiger partial charge in [-0.1, -0.05) is 36.4 Å². The molecule has 0 radical (unpaired) electrons. The van der Waals surface area contributed by atoms with Gasteiger partial charge in [0.25, 0.3) is 5.91 Å². The number of benzene rings is 2. The molecule has 0 saturated carbocycles. The summed E-state index contributed by atoms with van der Waals surface area (Å²) < 4.78 is 0. The molecule has 0 spiro atoms. The number of pyridine rings is 1. The van der Waals surface area contributed by atoms with Crippen molar-refractivity contribution in [2.45, 2.75) is 31.6 Å². The highest BCUT2D eigenvalue weighted by Gasteiger charge is 2.18. The summed E-state index contributed by atoms with van der Waals surface area (Å²) in [5.41, 5.74) is 6.94. The monoisotopic (exact) mass is 389 g/mol. The first-order chi connectivity index (χ1) is 14.1. The van der Waals surface area contributed by atoms with Gasteiger partial charge in [-0.15, -0.1) is 0 Å². The maximum atomic E-state index is 11.5. The molecule has 1 aliphatic rings. The van der Waals surface area contributed by atoms with Gasteiger partial charge >= 0.3 is 0 Å². The molecular weight excluding hydrogens is 362 g/mol. The Morgan fingerprint density at radius 2 is 1.86 bits per heavy atom. The molecule has 5 nitrogen and oxygen atoms in total. The second kappa shape index (κ2) is 8.72. The molecule has 0 aliphatic carbocycles. The van der Waals surface area contributed by atoms with Crippen LogP contribution in [-0.2, 0) is 12.8 Å². The first-order valence-electron chi connectivity index (χ1n) is 10.2. The lowest BCUT2D eigenvalue weighted by Crippen LogP contribution is -2.29. The molecule has 1 aliphatic heterocycles. The van der Waals surface area contributed by atoms with Crippen molar-refractivity contribution in [1.82, 2.24) is 15.4 Å². The molecule has 2 N–H and O–H groups in total. The highest BCUT2D eigenvalue weighted by Crippen LogP contribution is 2.28. The predicted molar refractivity (Wildman–Crippen MR) is 114 cm³/mol. The van der Waals surface area contributed by atoms with E-state index in [2.05, 4.69) is 53.3 Å². The lowest BCUT2D eigenvalue weighted by Gasteiger charge is -2.29. The maximum absolute atomic E-state index is 11.5. The van der Waals surface area contributed by atoms with Gasteiger partial charge in [0.2, 0.25) is 0 Å². The van der Waals surface area contributed by atoms with Crippen LogP contribution in [0.2, 0.25) is 0 Å². The minimum atomic E-state index is -0.548. The summed E-state index contributed by atoms with van der Waals surface area (Å²) in [7, 11) is 2.20. The Labute approximate surface area is 171 Å². The molecule has 1 fully saturated rings. The smallest absolute Gasteiger partial charge is 0.276 e. The molecule has 0 unspecified atom stereocenters. The van der Waals surface area contributed by atoms with E-state index in [0.29, 0.717) is 11.5 Å². The number of hydrogen-bond acceptors (Lipinski definition) is 4. The number of likely N-dealkylation sites (tertiary alicyclic amines) is 1. The Morgan fingerprint density at radius 3 is 2.62 bits per heavy atom. The zero-order chi connectivity index (χ0) is 20.2. The summed E-state index contributed by atoms with van der Waals surface area (Å²) in [6.07, 6.45) is 5.92. The minimum absolute atomic E-state index is 0.346. The molecule has 1 saturated heterocycles. The number of hydroxylamine groups is 1. The van der Waals surface area contributed by atoms with Gasteiger partial charge in [-0.2, -0.15) is 0 Å². The van der Waals surface area contributed by atoms with Crippen molar-refractivity contribution in [3.63, 3.8) is 0 Å². The van der Waals surface area contributed by atoms with Crippen molar-refractivity contribution in [3.8, 4) is 0 Å². The molecule has 4 rings (SSSR count). The molecule has 2 heterocycles. The van der Waals surface area contributed by atoms with E-state index < -0.39 is 5.91 Å². The number of aryl methyl sites for hydroxylation is 2. The first-order valence-corrected chi connectivity index (χ1v) is 10.2. The third kappa shape index (κ3) is 4.63. The van der Waals surface area contributed by atoms with Gasteiger partial charge in [0.1, 0.15) is 0 Å². The van der Waals surface area contributed by atoms with E-state index in [0.717, 1.165) is 23.7 Å². The van der Waals surface area contributed by atoms with Crippen molar-refractivity contribution in [2.75, 3.05) is 20.1 Å². The zero-order valence-corrected chi connectivity index (χ0v) is 16.8. The summed E-state index contributed by atoms with van der Waals surface area (Å²) in [6, 6.07) is 17.0. The van der Waals surface area contributed by atoms with Crippen molar-refractivity contribution in [1.29, 1.82) is 0 Å². The number of hydrogen-bond donors (Lipinski definition) is 2. The Bertz CT molecular complexity index is 1010. The average Bonchev–Trinajstić information content (AvgIpc) is 2.77. The summed E-state index contributed by atoms with van der Waals surface area (Å²) in [5.74, 6) is 0.134. The van der Waals surface area contributed by atoms with E-state index in [-0.39, 0.29) is 0 Å². The largest absolute Gasteiger partial charge is 0.306 e. The van der Waals surface area contributed by atoms with Gasteiger partial charge in [-0.3, -0.25) is 15.0 Å². The second-order valence-electron chi connectivity index (χ2n) is 8.01. The van der Waals surface area contributed by atoms with Crippen LogP contribution in [0.25, 0.3) is 10.9 Å². The Kier molecular flexibility index (Phi) is 5.88. The molecule has 150 valence electrons. The number of nitrogens with one attached hydrogen (secondary N) is 1. The summed E-state index contributed by atoms with van der Waals surface area (Å²) >= 11 is 0. The number of amides is 1. The van der Waals surface area contributed by atoms with Gasteiger partial charge in [0.15, 0.2) is 0 Å². The van der Waals surface area contributed by atoms with Crippen LogP contribution in [0.15, 0.2) is 54.7 Å². The Hall–Kier alpha value is -2.76. The van der Waals surface area contributed by atoms with Crippen LogP contribution in [0, 0.1) is 0 Å². The molecule has 5 heteroatoms. The number of piperidine rings is 1. The van der Waals surface area contributed by atoms with E-state index >= 15 is 0 Å². The van der Waals surface area contributed by atoms with E-state index in [1.54, 1.807) is 11.5 Å². The topological polar surface area (TPSA) is 65.5 Å². The number of carbonyl (C=O) groups is 1. The highest BCUT2D eigenvalue weighted by atomic mass is 16.5. The molecule has 3 aromatic rings. The van der Waals surface area contributed by atoms with Crippen LogP contribution in [-0.4, -0.2) is 41.1 Å². The average molecular weight is 389 g/mol. The van der Waals surface area contributed by atoms with Gasteiger partial charge in [-0.25, -0.2) is 5.48 Å². The van der Waals surface area contributed by atoms with Gasteiger partial charge in [0, 0.05) is 11.6 Å². The molecule has 29 heavy (non-hydrogen) atoms. The lowest BCUT2D eigenvalue weighted by atomic mass is 9.88. The van der Waals surface area contributed by atoms with E-state index in [9.17, 15) is 4.79 Å². The first kappa shape index (κ1) is 19.6. The molecule has 1 aromatic heterocycles. The maximum Gasteiger partial charge on any atom is 0.276 e. The molecular formula is C24H27N3O2. The molecule has 1 amide bonds. The fourth-order valence-electron chi connectivity index (χ4n) is 4.14. The summed E-state index contributed by atoms with van der Waals surface area (Å²) in [6.45, 7) is 2.36. The van der Waals surface area contributed by atoms with Crippen molar-refractivity contribution < 1.29 is 10.0 Å². The summed E-state index contributed by atoms with van der Waals surface area (Å²) in [5, 5.41) is 9.66. The van der Waals surface area contributed by atoms with Crippen LogP contribution in [0.5, 0.6) is 0 Å². The molecule has 0 bridgehead atoms. The quantitative estimate of drug-likeness (QED) is 0.512. The summed E-state index contributed by atoms with van der Waals surface area (Å²) in [4.78, 5) is 18.3. The molecule has 2 aromatic carbocycles. The second-order valence-corrected chi connectivity index (χ2v) is 8.01. The number of rotatable bonds is 5. The van der Waals surface area contributed by atoms with Crippen molar-refractivity contribution >= 4 is 16.8 Å². The van der Waals surface area contributed by atoms with Gasteiger partial charge in [0.05, 0.1) is 11.1 Å². The van der Waals surface area contributed by atoms with Crippen LogP contribution >= 0.6 is 0 Å². The fraction of sp³-hybridized carbons (Fsp3) is 0.333. The van der Waals surface area contributed by atoms with Crippen LogP contribution < -0.4 is 5.48 Å². The van der Waals surface area contributed by atoms with E-state index in [4.69, 9.17) is 5.21 Å². The zero-order valence-electron chi connectivity index (χ0n) is 16.8. The van der Waals surface area contributed by atoms with Crippen LogP contribution in [0.3, 0.4) is 0 Å². The van der Waals surface area contributed by atoms with E-state index in [1.165, 1.54) is 48.8 Å². The third-order valence-corrected chi connectivity index (χ3v) is 5.96. The standard InChI is InChI=1S/C24H27N3O2/c1-27-11-9-19(10-12-27)20-4-2-3-17(13-20)5-6-18-7-8-21-15-22(24(28)26-29)16-25-23(21)14-18/h2-4,7-8,13-16,19,29H,5-6,9-12H2,1H3,(H,26,28). The fourth-order valence-corrected chi connectivity index (χ4v) is 4.14. The highest BCUT2D eigenvalue weighted by molar-refractivity contribution is 5.96. The SMILES string of the molecule is CN1CCC(c2cccc(CCc3ccc4cc(C(=O)NO)cnc4c3)c2)CC1. The van der Waals surface area contributed by atoms with Crippen LogP contribution in [0.4, 0.5) is 0 Å². The predicted octanol–water partition coefficient (Wildman–Crippen LogP) is 3.95. The van der Waals surface area contributed by atoms with Crippen LogP contribution in [0.1, 0.15) is 45.8 Å². The van der Waals surface area contributed by atoms with Gasteiger partial charge in [-0.05, 0) is 80.6 Å². The van der Waals surface area contributed by atoms with Crippen molar-refractivity contribution in [3.05, 3.63) is 77.0 Å². The molecule has 0 atom stereocenters. The number of fused-ring (bicyclic) bond motifs is 1. The van der Waals surface area contributed by atoms with E-state index in [1.807, 2.05) is 6.07 Å². The van der Waals surface area contributed by atoms with Crippen molar-refractivity contribution in [2.24, 2.45) is 0 Å². The Morgan fingerprint density at radius 1 is 1.10 bits per heavy atom.